The predicted molar refractivity (Wildman–Crippen MR) is 126 cm³/mol. The molecule has 0 fully saturated rings. The van der Waals surface area contributed by atoms with Crippen molar-refractivity contribution in [3.8, 4) is 5.75 Å². The Morgan fingerprint density at radius 1 is 1.13 bits per heavy atom. The van der Waals surface area contributed by atoms with E-state index in [1.807, 2.05) is 0 Å². The summed E-state index contributed by atoms with van der Waals surface area (Å²) in [6.07, 6.45) is 1.38. The second-order valence-electron chi connectivity index (χ2n) is 8.94. The van der Waals surface area contributed by atoms with Crippen molar-refractivity contribution in [2.24, 2.45) is 4.99 Å². The Morgan fingerprint density at radius 2 is 1.81 bits per heavy atom. The second kappa shape index (κ2) is 8.20. The Labute approximate surface area is 186 Å². The van der Waals surface area contributed by atoms with Crippen molar-refractivity contribution >= 4 is 42.6 Å². The lowest BCUT2D eigenvalue weighted by molar-refractivity contribution is 0.386. The fourth-order valence-electron chi connectivity index (χ4n) is 3.34. The highest BCUT2D eigenvalue weighted by molar-refractivity contribution is 6.79. The van der Waals surface area contributed by atoms with Crippen LogP contribution < -0.4 is 10.3 Å². The molecule has 0 atom stereocenters. The fourth-order valence-corrected chi connectivity index (χ4v) is 5.64. The van der Waals surface area contributed by atoms with Crippen LogP contribution in [0.3, 0.4) is 0 Å². The van der Waals surface area contributed by atoms with Crippen molar-refractivity contribution in [2.75, 3.05) is 7.11 Å². The van der Waals surface area contributed by atoms with Gasteiger partial charge < -0.3 is 8.97 Å². The van der Waals surface area contributed by atoms with E-state index in [4.69, 9.17) is 16.3 Å². The molecule has 164 valence electrons. The molecule has 0 radical (unpaired) electrons. The van der Waals surface area contributed by atoms with Gasteiger partial charge in [-0.2, -0.15) is 0 Å². The number of pyridine rings is 1. The van der Waals surface area contributed by atoms with Crippen LogP contribution in [0.25, 0.3) is 10.9 Å². The molecule has 0 aliphatic heterocycles. The maximum atomic E-state index is 14.6. The summed E-state index contributed by atoms with van der Waals surface area (Å²) in [6, 6.07) is 8.44. The van der Waals surface area contributed by atoms with E-state index in [1.54, 1.807) is 10.3 Å². The molecule has 0 amide bonds. The largest absolute Gasteiger partial charge is 0.493 e. The molecule has 1 heterocycles. The number of rotatable bonds is 4. The summed E-state index contributed by atoms with van der Waals surface area (Å²) in [6.45, 7) is 10.4. The number of nitrogens with zero attached hydrogens (tertiary/aromatic N) is 2. The Balaban J connectivity index is 2.27. The van der Waals surface area contributed by atoms with Gasteiger partial charge in [-0.3, -0.25) is 9.79 Å². The Hall–Kier alpha value is -2.51. The molecular formula is C23H25ClF2N2O2Si. The first kappa shape index (κ1) is 23.2. The molecule has 31 heavy (non-hydrogen) atoms. The molecule has 0 bridgehead atoms. The van der Waals surface area contributed by atoms with Crippen molar-refractivity contribution in [1.29, 1.82) is 0 Å². The van der Waals surface area contributed by atoms with Crippen LogP contribution in [0, 0.1) is 11.6 Å². The number of fused-ring (bicyclic) bond motifs is 1. The molecule has 0 unspecified atom stereocenters. The van der Waals surface area contributed by atoms with Crippen LogP contribution in [-0.4, -0.2) is 25.8 Å². The number of ether oxygens (including phenoxy) is 1. The van der Waals surface area contributed by atoms with Gasteiger partial charge in [0.25, 0.3) is 0 Å². The molecule has 1 aromatic heterocycles. The highest BCUT2D eigenvalue weighted by Gasteiger charge is 2.39. The minimum absolute atomic E-state index is 0.00737. The second-order valence-corrected chi connectivity index (χ2v) is 14.4. The summed E-state index contributed by atoms with van der Waals surface area (Å²) < 4.78 is 35.6. The molecule has 0 spiro atoms. The number of halogens is 3. The smallest absolute Gasteiger partial charge is 0.243 e. The van der Waals surface area contributed by atoms with Gasteiger partial charge in [0.05, 0.1) is 12.8 Å². The molecular weight excluding hydrogens is 438 g/mol. The molecule has 4 nitrogen and oxygen atoms in total. The van der Waals surface area contributed by atoms with Gasteiger partial charge in [-0.1, -0.05) is 45.5 Å². The number of aliphatic imine (C=N–C) groups is 1. The monoisotopic (exact) mass is 462 g/mol. The lowest BCUT2D eigenvalue weighted by Crippen LogP contribution is -2.50. The van der Waals surface area contributed by atoms with E-state index in [9.17, 15) is 13.6 Å². The van der Waals surface area contributed by atoms with E-state index >= 15 is 0 Å². The zero-order chi connectivity index (χ0) is 23.1. The molecule has 3 rings (SSSR count). The van der Waals surface area contributed by atoms with Gasteiger partial charge in [-0.25, -0.2) is 8.78 Å². The SMILES string of the molecule is COc1c(F)cc(Cl)cc1C=Nc1cc(F)cc2c1ccc(=O)n2[Si](C)(C)C(C)(C)C. The van der Waals surface area contributed by atoms with Crippen LogP contribution in [-0.2, 0) is 0 Å². The average molecular weight is 463 g/mol. The minimum atomic E-state index is -2.35. The van der Waals surface area contributed by atoms with Crippen LogP contribution in [0.1, 0.15) is 26.3 Å². The molecule has 0 N–H and O–H groups in total. The van der Waals surface area contributed by atoms with Gasteiger partial charge in [0, 0.05) is 39.8 Å². The third kappa shape index (κ3) is 4.29. The van der Waals surface area contributed by atoms with Gasteiger partial charge in [-0.05, 0) is 29.3 Å². The maximum absolute atomic E-state index is 14.6. The summed E-state index contributed by atoms with van der Waals surface area (Å²) >= 11 is 5.96. The first-order valence-electron chi connectivity index (χ1n) is 9.79. The quantitative estimate of drug-likeness (QED) is 0.326. The highest BCUT2D eigenvalue weighted by Crippen LogP contribution is 2.38. The Morgan fingerprint density at radius 3 is 2.42 bits per heavy atom. The van der Waals surface area contributed by atoms with Gasteiger partial charge >= 0.3 is 0 Å². The molecule has 3 aromatic rings. The third-order valence-corrected chi connectivity index (χ3v) is 11.4. The van der Waals surface area contributed by atoms with Crippen LogP contribution in [0.4, 0.5) is 14.5 Å². The molecule has 2 aromatic carbocycles. The number of aromatic nitrogens is 1. The lowest BCUT2D eigenvalue weighted by atomic mass is 10.1. The predicted octanol–water partition coefficient (Wildman–Crippen LogP) is 6.55. The van der Waals surface area contributed by atoms with Crippen molar-refractivity contribution < 1.29 is 13.5 Å². The van der Waals surface area contributed by atoms with E-state index in [1.165, 1.54) is 37.6 Å². The summed E-state index contributed by atoms with van der Waals surface area (Å²) in [5.41, 5.74) is 0.973. The zero-order valence-corrected chi connectivity index (χ0v) is 20.1. The zero-order valence-electron chi connectivity index (χ0n) is 18.4. The highest BCUT2D eigenvalue weighted by atomic mass is 35.5. The topological polar surface area (TPSA) is 43.6 Å². The van der Waals surface area contributed by atoms with Crippen LogP contribution >= 0.6 is 11.6 Å². The van der Waals surface area contributed by atoms with Gasteiger partial charge in [0.1, 0.15) is 5.82 Å². The summed E-state index contributed by atoms with van der Waals surface area (Å²) in [5.74, 6) is -1.14. The summed E-state index contributed by atoms with van der Waals surface area (Å²) in [4.78, 5) is 17.3. The molecule has 0 saturated carbocycles. The van der Waals surface area contributed by atoms with Crippen molar-refractivity contribution in [2.45, 2.75) is 38.9 Å². The van der Waals surface area contributed by atoms with Crippen molar-refractivity contribution in [3.05, 3.63) is 69.0 Å². The van der Waals surface area contributed by atoms with Crippen LogP contribution in [0.5, 0.6) is 5.75 Å². The van der Waals surface area contributed by atoms with E-state index < -0.39 is 19.9 Å². The molecule has 8 heteroatoms. The standard InChI is InChI=1S/C23H25ClF2N2O2Si/c1-23(2,3)31(5,6)28-20-12-16(25)11-19(17(20)7-8-21(28)29)27-13-14-9-15(24)10-18(26)22(14)30-4/h7-13H,1-6H3. The number of hydrogen-bond acceptors (Lipinski definition) is 3. The lowest BCUT2D eigenvalue weighted by Gasteiger charge is -2.39. The third-order valence-electron chi connectivity index (χ3n) is 5.93. The van der Waals surface area contributed by atoms with Gasteiger partial charge in [-0.15, -0.1) is 0 Å². The van der Waals surface area contributed by atoms with Gasteiger partial charge in [0.15, 0.2) is 19.8 Å². The van der Waals surface area contributed by atoms with Crippen LogP contribution in [0.15, 0.2) is 46.2 Å². The fraction of sp³-hybridized carbons (Fsp3) is 0.304. The van der Waals surface area contributed by atoms with E-state index in [0.717, 1.165) is 6.07 Å². The first-order chi connectivity index (χ1) is 14.4. The average Bonchev–Trinajstić information content (AvgIpc) is 2.64. The van der Waals surface area contributed by atoms with E-state index in [-0.39, 0.29) is 21.4 Å². The molecule has 0 aliphatic carbocycles. The van der Waals surface area contributed by atoms with Crippen molar-refractivity contribution in [1.82, 2.24) is 4.23 Å². The number of methoxy groups -OCH3 is 1. The van der Waals surface area contributed by atoms with E-state index in [2.05, 4.69) is 38.9 Å². The first-order valence-corrected chi connectivity index (χ1v) is 13.1. The summed E-state index contributed by atoms with van der Waals surface area (Å²) in [7, 11) is -1.01. The summed E-state index contributed by atoms with van der Waals surface area (Å²) in [5, 5.41) is 0.672. The van der Waals surface area contributed by atoms with Crippen molar-refractivity contribution in [3.63, 3.8) is 0 Å². The van der Waals surface area contributed by atoms with Crippen LogP contribution in [0.2, 0.25) is 23.2 Å². The van der Waals surface area contributed by atoms with Gasteiger partial charge in [0.2, 0.25) is 5.56 Å². The normalized spacial score (nSPS) is 12.7. The number of benzene rings is 2. The Kier molecular flexibility index (Phi) is 6.13. The maximum Gasteiger partial charge on any atom is 0.243 e. The Bertz CT molecular complexity index is 1250. The molecule has 0 aliphatic rings. The molecule has 0 saturated heterocycles. The minimum Gasteiger partial charge on any atom is -0.493 e. The van der Waals surface area contributed by atoms with E-state index in [0.29, 0.717) is 22.2 Å². The number of hydrogen-bond donors (Lipinski definition) is 0.